The van der Waals surface area contributed by atoms with Gasteiger partial charge < -0.3 is 5.32 Å². The van der Waals surface area contributed by atoms with Crippen molar-refractivity contribution in [1.29, 1.82) is 0 Å². The van der Waals surface area contributed by atoms with Crippen LogP contribution in [0, 0.1) is 0 Å². The van der Waals surface area contributed by atoms with Crippen molar-refractivity contribution < 1.29 is 8.42 Å². The Labute approximate surface area is 135 Å². The normalized spacial score (nSPS) is 16.0. The van der Waals surface area contributed by atoms with Gasteiger partial charge in [0.1, 0.15) is 10.7 Å². The topological polar surface area (TPSA) is 62.3 Å². The zero-order valence-electron chi connectivity index (χ0n) is 12.2. The average molecular weight is 337 g/mol. The summed E-state index contributed by atoms with van der Waals surface area (Å²) in [4.78, 5) is 4.50. The molecule has 0 radical (unpaired) electrons. The number of pyridine rings is 1. The number of nitrogens with one attached hydrogen (secondary N) is 1. The number of sulfonamides is 1. The molecule has 0 amide bonds. The minimum atomic E-state index is -3.37. The Morgan fingerprint density at radius 3 is 2.68 bits per heavy atom. The number of thiophene rings is 1. The third-order valence-electron chi connectivity index (χ3n) is 3.74. The molecule has 1 fully saturated rings. The summed E-state index contributed by atoms with van der Waals surface area (Å²) in [7, 11) is -3.37. The zero-order chi connectivity index (χ0) is 15.4. The molecule has 2 aromatic rings. The van der Waals surface area contributed by atoms with Crippen LogP contribution in [0.1, 0.15) is 18.4 Å². The third-order valence-corrected chi connectivity index (χ3v) is 6.35. The highest BCUT2D eigenvalue weighted by molar-refractivity contribution is 7.89. The van der Waals surface area contributed by atoms with Crippen molar-refractivity contribution in [3.63, 3.8) is 0 Å². The van der Waals surface area contributed by atoms with Crippen molar-refractivity contribution in [3.8, 4) is 0 Å². The smallest absolute Gasteiger partial charge is 0.244 e. The first kappa shape index (κ1) is 15.5. The van der Waals surface area contributed by atoms with Gasteiger partial charge in [-0.15, -0.1) is 0 Å². The Morgan fingerprint density at radius 2 is 2.05 bits per heavy atom. The second-order valence-electron chi connectivity index (χ2n) is 5.30. The van der Waals surface area contributed by atoms with Crippen LogP contribution in [0.5, 0.6) is 0 Å². The molecule has 0 atom stereocenters. The monoisotopic (exact) mass is 337 g/mol. The zero-order valence-corrected chi connectivity index (χ0v) is 13.9. The third kappa shape index (κ3) is 3.48. The molecule has 1 N–H and O–H groups in total. The Bertz CT molecular complexity index is 691. The molecular formula is C15H19N3O2S2. The number of nitrogens with zero attached hydrogens (tertiary/aromatic N) is 2. The molecule has 0 saturated carbocycles. The van der Waals surface area contributed by atoms with E-state index in [9.17, 15) is 8.42 Å². The van der Waals surface area contributed by atoms with Gasteiger partial charge in [-0.05, 0) is 53.8 Å². The minimum absolute atomic E-state index is 0.276. The summed E-state index contributed by atoms with van der Waals surface area (Å²) in [6, 6.07) is 5.47. The van der Waals surface area contributed by atoms with Gasteiger partial charge >= 0.3 is 0 Å². The van der Waals surface area contributed by atoms with Crippen molar-refractivity contribution in [1.82, 2.24) is 9.29 Å². The molecule has 0 bridgehead atoms. The lowest BCUT2D eigenvalue weighted by Crippen LogP contribution is -2.27. The predicted molar refractivity (Wildman–Crippen MR) is 88.7 cm³/mol. The summed E-state index contributed by atoms with van der Waals surface area (Å²) in [6.07, 6.45) is 4.25. The first-order chi connectivity index (χ1) is 10.7. The van der Waals surface area contributed by atoms with E-state index in [1.165, 1.54) is 16.1 Å². The summed E-state index contributed by atoms with van der Waals surface area (Å²) in [5.74, 6) is 0.704. The summed E-state index contributed by atoms with van der Waals surface area (Å²) >= 11 is 1.69. The molecule has 0 unspecified atom stereocenters. The van der Waals surface area contributed by atoms with Crippen molar-refractivity contribution in [2.75, 3.05) is 25.0 Å². The highest BCUT2D eigenvalue weighted by Crippen LogP contribution is 2.20. The van der Waals surface area contributed by atoms with Crippen molar-refractivity contribution in [2.45, 2.75) is 24.2 Å². The summed E-state index contributed by atoms with van der Waals surface area (Å²) in [5.41, 5.74) is 1.30. The molecular weight excluding hydrogens is 318 g/mol. The molecule has 7 heteroatoms. The maximum atomic E-state index is 12.4. The van der Waals surface area contributed by atoms with E-state index in [-0.39, 0.29) is 4.90 Å². The summed E-state index contributed by atoms with van der Waals surface area (Å²) in [6.45, 7) is 2.01. The van der Waals surface area contributed by atoms with Gasteiger partial charge in [0.25, 0.3) is 0 Å². The van der Waals surface area contributed by atoms with Crippen molar-refractivity contribution >= 4 is 27.2 Å². The average Bonchev–Trinajstić information content (AvgIpc) is 3.21. The number of hydrogen-bond donors (Lipinski definition) is 1. The van der Waals surface area contributed by atoms with Crippen LogP contribution in [0.3, 0.4) is 0 Å². The highest BCUT2D eigenvalue weighted by atomic mass is 32.2. The van der Waals surface area contributed by atoms with Crippen LogP contribution < -0.4 is 5.32 Å². The molecule has 5 nitrogen and oxygen atoms in total. The molecule has 1 aliphatic rings. The molecule has 0 aliphatic carbocycles. The second-order valence-corrected chi connectivity index (χ2v) is 8.02. The fourth-order valence-corrected chi connectivity index (χ4v) is 4.65. The predicted octanol–water partition coefficient (Wildman–Crippen LogP) is 2.58. The lowest BCUT2D eigenvalue weighted by molar-refractivity contribution is 0.477. The van der Waals surface area contributed by atoms with E-state index >= 15 is 0 Å². The van der Waals surface area contributed by atoms with Crippen molar-refractivity contribution in [2.24, 2.45) is 0 Å². The quantitative estimate of drug-likeness (QED) is 0.880. The molecule has 1 saturated heterocycles. The standard InChI is InChI=1S/C15H19N3O2S2/c19-22(20,18-8-1-2-9-18)14-3-4-15(17-11-14)16-7-5-13-6-10-21-12-13/h3-4,6,10-12H,1-2,5,7-9H2,(H,16,17). The van der Waals surface area contributed by atoms with Crippen LogP contribution in [-0.2, 0) is 16.4 Å². The maximum absolute atomic E-state index is 12.4. The molecule has 0 aromatic carbocycles. The fourth-order valence-electron chi connectivity index (χ4n) is 2.48. The van der Waals surface area contributed by atoms with E-state index in [1.54, 1.807) is 23.5 Å². The first-order valence-corrected chi connectivity index (χ1v) is 9.76. The van der Waals surface area contributed by atoms with Gasteiger partial charge in [-0.25, -0.2) is 13.4 Å². The lowest BCUT2D eigenvalue weighted by atomic mass is 10.2. The second kappa shape index (κ2) is 6.76. The lowest BCUT2D eigenvalue weighted by Gasteiger charge is -2.15. The van der Waals surface area contributed by atoms with E-state index in [2.05, 4.69) is 27.1 Å². The summed E-state index contributed by atoms with van der Waals surface area (Å²) in [5, 5.41) is 7.40. The van der Waals surface area contributed by atoms with Crippen LogP contribution in [0.25, 0.3) is 0 Å². The molecule has 3 heterocycles. The van der Waals surface area contributed by atoms with Gasteiger partial charge in [0, 0.05) is 25.8 Å². The maximum Gasteiger partial charge on any atom is 0.244 e. The molecule has 1 aliphatic heterocycles. The van der Waals surface area contributed by atoms with Gasteiger partial charge in [-0.1, -0.05) is 0 Å². The number of rotatable bonds is 6. The SMILES string of the molecule is O=S(=O)(c1ccc(NCCc2ccsc2)nc1)N1CCCC1. The highest BCUT2D eigenvalue weighted by Gasteiger charge is 2.27. The Morgan fingerprint density at radius 1 is 1.23 bits per heavy atom. The van der Waals surface area contributed by atoms with Crippen LogP contribution in [0.4, 0.5) is 5.82 Å². The molecule has 22 heavy (non-hydrogen) atoms. The van der Waals surface area contributed by atoms with Crippen LogP contribution in [0.15, 0.2) is 40.1 Å². The largest absolute Gasteiger partial charge is 0.370 e. The van der Waals surface area contributed by atoms with E-state index in [0.29, 0.717) is 18.9 Å². The van der Waals surface area contributed by atoms with E-state index in [1.807, 2.05) is 0 Å². The van der Waals surface area contributed by atoms with Gasteiger partial charge in [0.05, 0.1) is 0 Å². The molecule has 118 valence electrons. The molecule has 3 rings (SSSR count). The fraction of sp³-hybridized carbons (Fsp3) is 0.400. The van der Waals surface area contributed by atoms with Gasteiger partial charge in [0.2, 0.25) is 10.0 Å². The molecule has 0 spiro atoms. The van der Waals surface area contributed by atoms with E-state index < -0.39 is 10.0 Å². The van der Waals surface area contributed by atoms with Crippen LogP contribution in [0.2, 0.25) is 0 Å². The van der Waals surface area contributed by atoms with Crippen LogP contribution >= 0.6 is 11.3 Å². The van der Waals surface area contributed by atoms with Crippen molar-refractivity contribution in [3.05, 3.63) is 40.7 Å². The first-order valence-electron chi connectivity index (χ1n) is 7.37. The van der Waals surface area contributed by atoms with Gasteiger partial charge in [-0.3, -0.25) is 0 Å². The molecule has 2 aromatic heterocycles. The number of anilines is 1. The Hall–Kier alpha value is -1.44. The Kier molecular flexibility index (Phi) is 4.75. The number of hydrogen-bond acceptors (Lipinski definition) is 5. The van der Waals surface area contributed by atoms with Crippen LogP contribution in [-0.4, -0.2) is 37.3 Å². The Balaban J connectivity index is 1.60. The van der Waals surface area contributed by atoms with Gasteiger partial charge in [-0.2, -0.15) is 15.6 Å². The van der Waals surface area contributed by atoms with E-state index in [0.717, 1.165) is 25.8 Å². The summed E-state index contributed by atoms with van der Waals surface area (Å²) < 4.78 is 26.3. The van der Waals surface area contributed by atoms with E-state index in [4.69, 9.17) is 0 Å². The number of aromatic nitrogens is 1. The van der Waals surface area contributed by atoms with Gasteiger partial charge in [0.15, 0.2) is 0 Å². The minimum Gasteiger partial charge on any atom is -0.370 e.